The topological polar surface area (TPSA) is 80.6 Å². The van der Waals surface area contributed by atoms with Gasteiger partial charge in [0.1, 0.15) is 12.1 Å². The first-order chi connectivity index (χ1) is 12.7. The van der Waals surface area contributed by atoms with E-state index in [1.807, 2.05) is 36.4 Å². The second-order valence-corrected chi connectivity index (χ2v) is 6.15. The van der Waals surface area contributed by atoms with Crippen LogP contribution in [0.2, 0.25) is 0 Å². The molecule has 0 saturated heterocycles. The summed E-state index contributed by atoms with van der Waals surface area (Å²) in [6, 6.07) is 12.1. The summed E-state index contributed by atoms with van der Waals surface area (Å²) in [6.45, 7) is 0.408. The Morgan fingerprint density at radius 1 is 1.15 bits per heavy atom. The lowest BCUT2D eigenvalue weighted by Gasteiger charge is -2.22. The smallest absolute Gasteiger partial charge is 0.287 e. The van der Waals surface area contributed by atoms with Gasteiger partial charge in [0.05, 0.1) is 19.1 Å². The molecule has 0 saturated carbocycles. The molecular formula is C20H22N2O4. The molecule has 0 spiro atoms. The van der Waals surface area contributed by atoms with Crippen molar-refractivity contribution in [2.45, 2.75) is 31.4 Å². The van der Waals surface area contributed by atoms with Crippen LogP contribution in [-0.2, 0) is 16.0 Å². The highest BCUT2D eigenvalue weighted by Gasteiger charge is 2.24. The van der Waals surface area contributed by atoms with Gasteiger partial charge >= 0.3 is 0 Å². The Balaban J connectivity index is 1.63. The fraction of sp³-hybridized carbons (Fsp3) is 0.300. The van der Waals surface area contributed by atoms with Crippen LogP contribution in [0.3, 0.4) is 0 Å². The van der Waals surface area contributed by atoms with Crippen molar-refractivity contribution in [2.75, 3.05) is 6.54 Å². The van der Waals surface area contributed by atoms with Gasteiger partial charge in [0, 0.05) is 6.42 Å². The Labute approximate surface area is 152 Å². The fourth-order valence-corrected chi connectivity index (χ4v) is 2.77. The summed E-state index contributed by atoms with van der Waals surface area (Å²) in [6.07, 6.45) is 7.20. The maximum atomic E-state index is 12.7. The minimum absolute atomic E-state index is 0.0397. The highest BCUT2D eigenvalue weighted by atomic mass is 16.5. The molecule has 6 heteroatoms. The van der Waals surface area contributed by atoms with Gasteiger partial charge in [0.25, 0.3) is 5.91 Å². The second-order valence-electron chi connectivity index (χ2n) is 6.15. The highest BCUT2D eigenvalue weighted by molar-refractivity contribution is 5.95. The Morgan fingerprint density at radius 3 is 2.69 bits per heavy atom. The van der Waals surface area contributed by atoms with Crippen molar-refractivity contribution in [2.24, 2.45) is 0 Å². The number of amides is 2. The summed E-state index contributed by atoms with van der Waals surface area (Å²) < 4.78 is 10.6. The lowest BCUT2D eigenvalue weighted by molar-refractivity contribution is -0.123. The zero-order valence-corrected chi connectivity index (χ0v) is 14.4. The standard InChI is InChI=1S/C20H22N2O4/c23-19(21-14-16-9-4-5-11-25-16)17(13-15-7-2-1-3-8-15)22-20(24)18-10-6-12-26-18/h1-3,5-8,10-12,16-17H,4,9,13-14H2,(H,21,23)(H,22,24)/t16-,17+/m1/s1. The van der Waals surface area contributed by atoms with Crippen molar-refractivity contribution in [1.82, 2.24) is 10.6 Å². The summed E-state index contributed by atoms with van der Waals surface area (Å²) in [5, 5.41) is 5.64. The van der Waals surface area contributed by atoms with Gasteiger partial charge < -0.3 is 19.8 Å². The van der Waals surface area contributed by atoms with E-state index < -0.39 is 11.9 Å². The molecule has 2 atom stereocenters. The molecule has 2 heterocycles. The summed E-state index contributed by atoms with van der Waals surface area (Å²) in [4.78, 5) is 25.0. The second kappa shape index (κ2) is 8.89. The van der Waals surface area contributed by atoms with Crippen LogP contribution >= 0.6 is 0 Å². The summed E-state index contributed by atoms with van der Waals surface area (Å²) in [5.74, 6) is -0.480. The molecule has 2 N–H and O–H groups in total. The minimum atomic E-state index is -0.700. The Bertz CT molecular complexity index is 740. The number of furan rings is 1. The quantitative estimate of drug-likeness (QED) is 0.800. The molecule has 26 heavy (non-hydrogen) atoms. The third-order valence-corrected chi connectivity index (χ3v) is 4.18. The van der Waals surface area contributed by atoms with E-state index in [1.165, 1.54) is 6.26 Å². The normalized spacial score (nSPS) is 17.2. The van der Waals surface area contributed by atoms with Crippen molar-refractivity contribution >= 4 is 11.8 Å². The van der Waals surface area contributed by atoms with Gasteiger partial charge in [-0.3, -0.25) is 9.59 Å². The molecule has 1 aliphatic heterocycles. The third-order valence-electron chi connectivity index (χ3n) is 4.18. The monoisotopic (exact) mass is 354 g/mol. The number of hydrogen-bond acceptors (Lipinski definition) is 4. The average molecular weight is 354 g/mol. The predicted octanol–water partition coefficient (Wildman–Crippen LogP) is 2.43. The van der Waals surface area contributed by atoms with Crippen LogP contribution in [0.4, 0.5) is 0 Å². The van der Waals surface area contributed by atoms with Gasteiger partial charge in [-0.1, -0.05) is 30.3 Å². The average Bonchev–Trinajstić information content (AvgIpc) is 3.22. The van der Waals surface area contributed by atoms with E-state index in [-0.39, 0.29) is 17.8 Å². The molecule has 0 unspecified atom stereocenters. The van der Waals surface area contributed by atoms with E-state index >= 15 is 0 Å². The number of ether oxygens (including phenoxy) is 1. The van der Waals surface area contributed by atoms with E-state index in [1.54, 1.807) is 18.4 Å². The van der Waals surface area contributed by atoms with Crippen LogP contribution in [0, 0.1) is 0 Å². The van der Waals surface area contributed by atoms with Crippen LogP contribution in [0.5, 0.6) is 0 Å². The molecule has 0 radical (unpaired) electrons. The van der Waals surface area contributed by atoms with Gasteiger partial charge in [0.2, 0.25) is 5.91 Å². The van der Waals surface area contributed by atoms with Crippen molar-refractivity contribution in [3.05, 3.63) is 72.4 Å². The van der Waals surface area contributed by atoms with Crippen LogP contribution in [0.1, 0.15) is 29.0 Å². The van der Waals surface area contributed by atoms with E-state index in [0.717, 1.165) is 18.4 Å². The van der Waals surface area contributed by atoms with Crippen molar-refractivity contribution in [1.29, 1.82) is 0 Å². The number of carbonyl (C=O) groups is 2. The molecule has 0 bridgehead atoms. The molecular weight excluding hydrogens is 332 g/mol. The Morgan fingerprint density at radius 2 is 2.00 bits per heavy atom. The van der Waals surface area contributed by atoms with Crippen molar-refractivity contribution in [3.63, 3.8) is 0 Å². The highest BCUT2D eigenvalue weighted by Crippen LogP contribution is 2.10. The van der Waals surface area contributed by atoms with Crippen LogP contribution in [-0.4, -0.2) is 30.5 Å². The minimum Gasteiger partial charge on any atom is -0.497 e. The summed E-state index contributed by atoms with van der Waals surface area (Å²) in [5.41, 5.74) is 0.962. The number of hydrogen-bond donors (Lipinski definition) is 2. The maximum Gasteiger partial charge on any atom is 0.287 e. The molecule has 2 amide bonds. The van der Waals surface area contributed by atoms with E-state index in [2.05, 4.69) is 10.6 Å². The molecule has 136 valence electrons. The lowest BCUT2D eigenvalue weighted by atomic mass is 10.0. The van der Waals surface area contributed by atoms with Crippen LogP contribution in [0.15, 0.2) is 65.5 Å². The number of allylic oxidation sites excluding steroid dienone is 1. The third kappa shape index (κ3) is 4.99. The molecule has 1 aromatic carbocycles. The number of nitrogens with one attached hydrogen (secondary N) is 2. The number of rotatable bonds is 7. The van der Waals surface area contributed by atoms with E-state index in [0.29, 0.717) is 13.0 Å². The first-order valence-electron chi connectivity index (χ1n) is 8.69. The van der Waals surface area contributed by atoms with Crippen molar-refractivity contribution in [3.8, 4) is 0 Å². The molecule has 6 nitrogen and oxygen atoms in total. The molecule has 2 aromatic rings. The van der Waals surface area contributed by atoms with Gasteiger partial charge in [-0.15, -0.1) is 0 Å². The van der Waals surface area contributed by atoms with Gasteiger partial charge in [-0.25, -0.2) is 0 Å². The van der Waals surface area contributed by atoms with Crippen LogP contribution < -0.4 is 10.6 Å². The van der Waals surface area contributed by atoms with Crippen molar-refractivity contribution < 1.29 is 18.7 Å². The predicted molar refractivity (Wildman–Crippen MR) is 96.4 cm³/mol. The number of benzene rings is 1. The van der Waals surface area contributed by atoms with Crippen LogP contribution in [0.25, 0.3) is 0 Å². The lowest BCUT2D eigenvalue weighted by Crippen LogP contribution is -2.49. The first kappa shape index (κ1) is 17.8. The largest absolute Gasteiger partial charge is 0.497 e. The Hall–Kier alpha value is -3.02. The summed E-state index contributed by atoms with van der Waals surface area (Å²) in [7, 11) is 0. The van der Waals surface area contributed by atoms with Gasteiger partial charge in [0.15, 0.2) is 5.76 Å². The van der Waals surface area contributed by atoms with Gasteiger partial charge in [-0.05, 0) is 36.6 Å². The Kier molecular flexibility index (Phi) is 6.09. The number of carbonyl (C=O) groups excluding carboxylic acids is 2. The zero-order valence-electron chi connectivity index (χ0n) is 14.4. The maximum absolute atomic E-state index is 12.7. The first-order valence-corrected chi connectivity index (χ1v) is 8.69. The zero-order chi connectivity index (χ0) is 18.2. The fourth-order valence-electron chi connectivity index (χ4n) is 2.77. The van der Waals surface area contributed by atoms with E-state index in [4.69, 9.17) is 9.15 Å². The summed E-state index contributed by atoms with van der Waals surface area (Å²) >= 11 is 0. The molecule has 0 fully saturated rings. The molecule has 1 aromatic heterocycles. The molecule has 1 aliphatic rings. The van der Waals surface area contributed by atoms with E-state index in [9.17, 15) is 9.59 Å². The molecule has 3 rings (SSSR count). The SMILES string of the molecule is O=C(N[C@@H](Cc1ccccc1)C(=O)NC[C@H]1CCC=CO1)c1ccco1. The van der Waals surface area contributed by atoms with Gasteiger partial charge in [-0.2, -0.15) is 0 Å². The molecule has 0 aliphatic carbocycles.